The summed E-state index contributed by atoms with van der Waals surface area (Å²) >= 11 is 0. The molecule has 5 heteroatoms. The molecular weight excluding hydrogens is 290 g/mol. The van der Waals surface area contributed by atoms with E-state index in [2.05, 4.69) is 11.2 Å². The monoisotopic (exact) mass is 306 g/mol. The van der Waals surface area contributed by atoms with E-state index in [4.69, 9.17) is 5.41 Å². The summed E-state index contributed by atoms with van der Waals surface area (Å²) < 4.78 is 1.76. The molecule has 0 radical (unpaired) electrons. The maximum Gasteiger partial charge on any atom is 0.296 e. The van der Waals surface area contributed by atoms with Gasteiger partial charge in [-0.3, -0.25) is 20.3 Å². The molecule has 1 fully saturated rings. The van der Waals surface area contributed by atoms with Crippen molar-refractivity contribution >= 4 is 17.7 Å². The van der Waals surface area contributed by atoms with Crippen molar-refractivity contribution in [2.45, 2.75) is 18.9 Å². The van der Waals surface area contributed by atoms with Crippen LogP contribution in [0.2, 0.25) is 0 Å². The van der Waals surface area contributed by atoms with Gasteiger partial charge < -0.3 is 0 Å². The van der Waals surface area contributed by atoms with Crippen LogP contribution in [0.4, 0.5) is 0 Å². The number of benzene rings is 1. The predicted molar refractivity (Wildman–Crippen MR) is 84.0 cm³/mol. The third kappa shape index (κ3) is 2.58. The average Bonchev–Trinajstić information content (AvgIpc) is 2.55. The molecular formula is C18H16N3O2+. The van der Waals surface area contributed by atoms with Crippen LogP contribution in [0.25, 0.3) is 0 Å². The lowest BCUT2D eigenvalue weighted by molar-refractivity contribution is -0.711. The first-order valence-electron chi connectivity index (χ1n) is 7.29. The minimum Gasteiger partial charge on any atom is -0.286 e. The molecule has 1 saturated heterocycles. The maximum absolute atomic E-state index is 12.5. The van der Waals surface area contributed by atoms with E-state index in [1.54, 1.807) is 17.0 Å². The number of amides is 2. The van der Waals surface area contributed by atoms with Crippen molar-refractivity contribution in [2.75, 3.05) is 0 Å². The number of aromatic nitrogens is 1. The molecule has 114 valence electrons. The summed E-state index contributed by atoms with van der Waals surface area (Å²) in [7, 11) is 0. The van der Waals surface area contributed by atoms with Crippen LogP contribution >= 0.6 is 0 Å². The van der Waals surface area contributed by atoms with Crippen LogP contribution in [0, 0.1) is 12.3 Å². The second kappa shape index (κ2) is 5.99. The molecule has 2 heterocycles. The van der Waals surface area contributed by atoms with E-state index in [0.29, 0.717) is 0 Å². The summed E-state index contributed by atoms with van der Waals surface area (Å²) in [5.41, 5.74) is 1.99. The number of nitrogens with zero attached hydrogens (tertiary/aromatic N) is 1. The van der Waals surface area contributed by atoms with Crippen molar-refractivity contribution in [1.82, 2.24) is 5.32 Å². The highest BCUT2D eigenvalue weighted by atomic mass is 16.2. The van der Waals surface area contributed by atoms with Gasteiger partial charge in [0, 0.05) is 12.1 Å². The molecule has 1 aliphatic rings. The molecule has 2 N–H and O–H groups in total. The molecule has 1 aromatic heterocycles. The van der Waals surface area contributed by atoms with Crippen LogP contribution in [-0.2, 0) is 9.59 Å². The molecule has 0 bridgehead atoms. The topological polar surface area (TPSA) is 73.9 Å². The van der Waals surface area contributed by atoms with Gasteiger partial charge in [-0.2, -0.15) is 4.57 Å². The maximum atomic E-state index is 12.5. The van der Waals surface area contributed by atoms with Gasteiger partial charge in [0.15, 0.2) is 12.4 Å². The Morgan fingerprint density at radius 1 is 1.09 bits per heavy atom. The van der Waals surface area contributed by atoms with E-state index in [1.807, 2.05) is 49.4 Å². The Labute approximate surface area is 133 Å². The molecule has 1 aromatic carbocycles. The molecule has 5 nitrogen and oxygen atoms in total. The van der Waals surface area contributed by atoms with Crippen molar-refractivity contribution in [3.63, 3.8) is 0 Å². The fraction of sp³-hybridized carbons (Fsp3) is 0.167. The van der Waals surface area contributed by atoms with Crippen LogP contribution in [0.1, 0.15) is 23.1 Å². The zero-order chi connectivity index (χ0) is 16.4. The number of aryl methyl sites for hydroxylation is 1. The van der Waals surface area contributed by atoms with Gasteiger partial charge in [0.05, 0.1) is 11.5 Å². The number of piperidine rings is 1. The van der Waals surface area contributed by atoms with Crippen molar-refractivity contribution in [1.29, 1.82) is 5.41 Å². The average molecular weight is 306 g/mol. The van der Waals surface area contributed by atoms with Crippen LogP contribution in [0.5, 0.6) is 0 Å². The highest BCUT2D eigenvalue weighted by molar-refractivity contribution is 6.13. The first kappa shape index (κ1) is 14.9. The van der Waals surface area contributed by atoms with E-state index in [-0.39, 0.29) is 11.5 Å². The van der Waals surface area contributed by atoms with Crippen LogP contribution in [0.15, 0.2) is 60.4 Å². The number of nitrogens with one attached hydrogen (secondary N) is 2. The van der Waals surface area contributed by atoms with Crippen molar-refractivity contribution in [3.05, 3.63) is 71.6 Å². The van der Waals surface area contributed by atoms with Gasteiger partial charge >= 0.3 is 0 Å². The Hall–Kier alpha value is -3.04. The van der Waals surface area contributed by atoms with Gasteiger partial charge in [-0.05, 0) is 23.9 Å². The van der Waals surface area contributed by atoms with Gasteiger partial charge in [-0.15, -0.1) is 0 Å². The minimum absolute atomic E-state index is 0.167. The summed E-state index contributed by atoms with van der Waals surface area (Å²) in [6, 6.07) is 12.5. The van der Waals surface area contributed by atoms with Gasteiger partial charge in [-0.25, -0.2) is 0 Å². The molecule has 0 aliphatic carbocycles. The number of carbonyl (C=O) groups excluding carboxylic acids is 2. The summed E-state index contributed by atoms with van der Waals surface area (Å²) in [4.78, 5) is 24.7. The molecule has 0 saturated carbocycles. The first-order valence-corrected chi connectivity index (χ1v) is 7.29. The Morgan fingerprint density at radius 2 is 1.78 bits per heavy atom. The van der Waals surface area contributed by atoms with Gasteiger partial charge in [-0.1, -0.05) is 30.3 Å². The first-order chi connectivity index (χ1) is 11.1. The van der Waals surface area contributed by atoms with E-state index in [9.17, 15) is 9.59 Å². The molecule has 2 atom stereocenters. The number of imide groups is 1. The van der Waals surface area contributed by atoms with Gasteiger partial charge in [0.1, 0.15) is 0 Å². The number of rotatable bonds is 2. The molecule has 2 aromatic rings. The second-order valence-corrected chi connectivity index (χ2v) is 5.46. The van der Waals surface area contributed by atoms with Crippen LogP contribution in [-0.4, -0.2) is 17.7 Å². The third-order valence-electron chi connectivity index (χ3n) is 4.09. The molecule has 3 rings (SSSR count). The fourth-order valence-corrected chi connectivity index (χ4v) is 3.00. The zero-order valence-corrected chi connectivity index (χ0v) is 12.6. The quantitative estimate of drug-likeness (QED) is 0.381. The summed E-state index contributed by atoms with van der Waals surface area (Å²) in [5.74, 6) is 0.773. The predicted octanol–water partition coefficient (Wildman–Crippen LogP) is 1.44. The molecule has 0 unspecified atom stereocenters. The lowest BCUT2D eigenvalue weighted by atomic mass is 9.80. The van der Waals surface area contributed by atoms with Crippen LogP contribution in [0.3, 0.4) is 0 Å². The molecule has 2 amide bonds. The lowest BCUT2D eigenvalue weighted by Gasteiger charge is -2.28. The third-order valence-corrected chi connectivity index (χ3v) is 4.09. The Bertz CT molecular complexity index is 823. The largest absolute Gasteiger partial charge is 0.296 e. The fourth-order valence-electron chi connectivity index (χ4n) is 3.00. The van der Waals surface area contributed by atoms with Gasteiger partial charge in [0.25, 0.3) is 11.8 Å². The van der Waals surface area contributed by atoms with E-state index in [1.165, 1.54) is 0 Å². The zero-order valence-electron chi connectivity index (χ0n) is 12.6. The molecule has 23 heavy (non-hydrogen) atoms. The smallest absolute Gasteiger partial charge is 0.286 e. The lowest BCUT2D eigenvalue weighted by Crippen LogP contribution is -2.57. The van der Waals surface area contributed by atoms with Crippen molar-refractivity contribution < 1.29 is 14.2 Å². The van der Waals surface area contributed by atoms with E-state index in [0.717, 1.165) is 11.1 Å². The Kier molecular flexibility index (Phi) is 3.87. The number of pyridine rings is 1. The molecule has 1 aliphatic heterocycles. The van der Waals surface area contributed by atoms with Gasteiger partial charge in [0.2, 0.25) is 6.04 Å². The molecule has 0 spiro atoms. The van der Waals surface area contributed by atoms with E-state index >= 15 is 0 Å². The minimum atomic E-state index is -0.636. The number of carbonyl (C=O) groups is 2. The Morgan fingerprint density at radius 3 is 2.43 bits per heavy atom. The Balaban J connectivity index is 2.22. The SMILES string of the molecule is Cc1ccccc1[C@@H]1C(=C=N)C(=O)NC(=O)[C@H]1[n+]1ccccc1. The highest BCUT2D eigenvalue weighted by Crippen LogP contribution is 2.36. The highest BCUT2D eigenvalue weighted by Gasteiger charge is 2.47. The van der Waals surface area contributed by atoms with Crippen molar-refractivity contribution in [2.24, 2.45) is 0 Å². The number of hydrogen-bond donors (Lipinski definition) is 2. The standard InChI is InChI=1S/C18H15N3O2/c1-12-7-3-4-8-13(12)15-14(11-19)17(22)20-18(23)16(15)21-9-5-2-6-10-21/h2-10,15-16,19H,1H3/p+1/t15-,16+/m1/s1. The summed E-state index contributed by atoms with van der Waals surface area (Å²) in [5, 5.41) is 9.86. The summed E-state index contributed by atoms with van der Waals surface area (Å²) in [6.07, 6.45) is 3.57. The van der Waals surface area contributed by atoms with Crippen LogP contribution < -0.4 is 9.88 Å². The normalized spacial score (nSPS) is 20.8. The number of hydrogen-bond acceptors (Lipinski definition) is 3. The van der Waals surface area contributed by atoms with E-state index < -0.39 is 17.9 Å². The van der Waals surface area contributed by atoms with Crippen molar-refractivity contribution in [3.8, 4) is 0 Å². The summed E-state index contributed by atoms with van der Waals surface area (Å²) in [6.45, 7) is 1.93. The second-order valence-electron chi connectivity index (χ2n) is 5.46.